The number of nitrogens with zero attached hydrogens (tertiary/aromatic N) is 1. The molecule has 2 rings (SSSR count). The number of hydrogen-bond acceptors (Lipinski definition) is 4. The van der Waals surface area contributed by atoms with Crippen molar-refractivity contribution in [3.63, 3.8) is 0 Å². The molecule has 84 valence electrons. The first-order chi connectivity index (χ1) is 7.74. The number of oxazole rings is 1. The van der Waals surface area contributed by atoms with E-state index in [4.69, 9.17) is 9.15 Å². The van der Waals surface area contributed by atoms with E-state index in [2.05, 4.69) is 4.98 Å². The van der Waals surface area contributed by atoms with E-state index in [1.807, 2.05) is 37.4 Å². The van der Waals surface area contributed by atoms with Crippen LogP contribution in [0.3, 0.4) is 0 Å². The van der Waals surface area contributed by atoms with Gasteiger partial charge >= 0.3 is 0 Å². The molecule has 0 N–H and O–H groups in total. The lowest BCUT2D eigenvalue weighted by molar-refractivity contribution is 0.415. The summed E-state index contributed by atoms with van der Waals surface area (Å²) >= 11 is 1.59. The maximum Gasteiger partial charge on any atom is 0.227 e. The molecule has 1 aromatic carbocycles. The van der Waals surface area contributed by atoms with E-state index in [-0.39, 0.29) is 0 Å². The highest BCUT2D eigenvalue weighted by Gasteiger charge is 2.10. The molecule has 16 heavy (non-hydrogen) atoms. The van der Waals surface area contributed by atoms with Crippen LogP contribution in [0.1, 0.15) is 5.76 Å². The molecule has 0 saturated carbocycles. The van der Waals surface area contributed by atoms with Gasteiger partial charge in [0.1, 0.15) is 16.5 Å². The SMILES string of the molecule is COc1ccc(-c2nc(SC)c(C)o2)cc1. The Bertz CT molecular complexity index is 476. The summed E-state index contributed by atoms with van der Waals surface area (Å²) in [6.45, 7) is 1.92. The topological polar surface area (TPSA) is 35.3 Å². The van der Waals surface area contributed by atoms with E-state index in [1.165, 1.54) is 0 Å². The van der Waals surface area contributed by atoms with Crippen LogP contribution in [0.5, 0.6) is 5.75 Å². The standard InChI is InChI=1S/C12H13NO2S/c1-8-12(16-3)13-11(15-8)9-4-6-10(14-2)7-5-9/h4-7H,1-3H3. The summed E-state index contributed by atoms with van der Waals surface area (Å²) in [6, 6.07) is 7.67. The van der Waals surface area contributed by atoms with E-state index in [1.54, 1.807) is 18.9 Å². The molecule has 4 heteroatoms. The van der Waals surface area contributed by atoms with Crippen LogP contribution in [-0.2, 0) is 0 Å². The number of thioether (sulfide) groups is 1. The molecule has 0 aliphatic carbocycles. The summed E-state index contributed by atoms with van der Waals surface area (Å²) in [7, 11) is 1.65. The number of methoxy groups -OCH3 is 1. The van der Waals surface area contributed by atoms with Crippen LogP contribution in [0.4, 0.5) is 0 Å². The molecule has 0 unspecified atom stereocenters. The van der Waals surface area contributed by atoms with E-state index < -0.39 is 0 Å². The van der Waals surface area contributed by atoms with Gasteiger partial charge in [-0.1, -0.05) is 0 Å². The molecule has 0 fully saturated rings. The molecule has 0 amide bonds. The normalized spacial score (nSPS) is 10.4. The van der Waals surface area contributed by atoms with Gasteiger partial charge in [-0.25, -0.2) is 4.98 Å². The predicted molar refractivity (Wildman–Crippen MR) is 65.0 cm³/mol. The molecule has 0 aliphatic rings. The lowest BCUT2D eigenvalue weighted by Gasteiger charge is -1.99. The number of ether oxygens (including phenoxy) is 1. The fourth-order valence-corrected chi connectivity index (χ4v) is 1.93. The van der Waals surface area contributed by atoms with Gasteiger partial charge in [-0.3, -0.25) is 0 Å². The quantitative estimate of drug-likeness (QED) is 0.764. The van der Waals surface area contributed by atoms with E-state index >= 15 is 0 Å². The summed E-state index contributed by atoms with van der Waals surface area (Å²) in [5.74, 6) is 2.35. The highest BCUT2D eigenvalue weighted by molar-refractivity contribution is 7.98. The van der Waals surface area contributed by atoms with Crippen molar-refractivity contribution in [1.82, 2.24) is 4.98 Å². The average Bonchev–Trinajstić information content (AvgIpc) is 2.71. The zero-order chi connectivity index (χ0) is 11.5. The van der Waals surface area contributed by atoms with Gasteiger partial charge < -0.3 is 9.15 Å². The van der Waals surface area contributed by atoms with Crippen molar-refractivity contribution in [2.24, 2.45) is 0 Å². The van der Waals surface area contributed by atoms with Crippen LogP contribution in [0.25, 0.3) is 11.5 Å². The number of rotatable bonds is 3. The Hall–Kier alpha value is -1.42. The molecule has 0 radical (unpaired) electrons. The molecular formula is C12H13NO2S. The number of hydrogen-bond donors (Lipinski definition) is 0. The van der Waals surface area contributed by atoms with Crippen molar-refractivity contribution in [2.45, 2.75) is 11.9 Å². The summed E-state index contributed by atoms with van der Waals surface area (Å²) in [4.78, 5) is 4.41. The molecule has 3 nitrogen and oxygen atoms in total. The second kappa shape index (κ2) is 4.61. The molecule has 2 aromatic rings. The Morgan fingerprint density at radius 2 is 1.94 bits per heavy atom. The van der Waals surface area contributed by atoms with Crippen molar-refractivity contribution in [3.05, 3.63) is 30.0 Å². The fourth-order valence-electron chi connectivity index (χ4n) is 1.43. The lowest BCUT2D eigenvalue weighted by Crippen LogP contribution is -1.82. The van der Waals surface area contributed by atoms with Gasteiger partial charge in [0.05, 0.1) is 7.11 Å². The predicted octanol–water partition coefficient (Wildman–Crippen LogP) is 3.38. The minimum absolute atomic E-state index is 0.657. The maximum atomic E-state index is 5.59. The highest BCUT2D eigenvalue weighted by atomic mass is 32.2. The van der Waals surface area contributed by atoms with Crippen LogP contribution in [0.2, 0.25) is 0 Å². The van der Waals surface area contributed by atoms with Crippen LogP contribution in [0, 0.1) is 6.92 Å². The Labute approximate surface area is 98.8 Å². The van der Waals surface area contributed by atoms with Gasteiger partial charge in [-0.05, 0) is 37.4 Å². The molecular weight excluding hydrogens is 222 g/mol. The first-order valence-electron chi connectivity index (χ1n) is 4.90. The van der Waals surface area contributed by atoms with Gasteiger partial charge in [0.2, 0.25) is 5.89 Å². The summed E-state index contributed by atoms with van der Waals surface area (Å²) in [5.41, 5.74) is 0.962. The van der Waals surface area contributed by atoms with Crippen molar-refractivity contribution in [1.29, 1.82) is 0 Å². The Kier molecular flexibility index (Phi) is 3.19. The number of aromatic nitrogens is 1. The highest BCUT2D eigenvalue weighted by Crippen LogP contribution is 2.27. The molecule has 1 aromatic heterocycles. The summed E-state index contributed by atoms with van der Waals surface area (Å²) in [5, 5.41) is 0.936. The fraction of sp³-hybridized carbons (Fsp3) is 0.250. The lowest BCUT2D eigenvalue weighted by atomic mass is 10.2. The van der Waals surface area contributed by atoms with Crippen LogP contribution in [-0.4, -0.2) is 18.3 Å². The molecule has 0 atom stereocenters. The van der Waals surface area contributed by atoms with E-state index in [9.17, 15) is 0 Å². The minimum Gasteiger partial charge on any atom is -0.497 e. The maximum absolute atomic E-state index is 5.59. The zero-order valence-electron chi connectivity index (χ0n) is 9.48. The number of benzene rings is 1. The van der Waals surface area contributed by atoms with Gasteiger partial charge in [0, 0.05) is 5.56 Å². The minimum atomic E-state index is 0.657. The zero-order valence-corrected chi connectivity index (χ0v) is 10.3. The van der Waals surface area contributed by atoms with Gasteiger partial charge in [0.25, 0.3) is 0 Å². The number of aryl methyl sites for hydroxylation is 1. The first kappa shape index (κ1) is 11.1. The van der Waals surface area contributed by atoms with Crippen molar-refractivity contribution in [3.8, 4) is 17.2 Å². The van der Waals surface area contributed by atoms with E-state index in [0.717, 1.165) is 22.1 Å². The molecule has 0 spiro atoms. The van der Waals surface area contributed by atoms with Gasteiger partial charge in [-0.15, -0.1) is 11.8 Å². The molecule has 0 saturated heterocycles. The third-order valence-corrected chi connectivity index (χ3v) is 3.05. The Balaban J connectivity index is 2.34. The molecule has 0 bridgehead atoms. The van der Waals surface area contributed by atoms with Crippen molar-refractivity contribution < 1.29 is 9.15 Å². The molecule has 0 aliphatic heterocycles. The summed E-state index contributed by atoms with van der Waals surface area (Å²) < 4.78 is 10.7. The third kappa shape index (κ3) is 2.07. The summed E-state index contributed by atoms with van der Waals surface area (Å²) in [6.07, 6.45) is 1.99. The first-order valence-corrected chi connectivity index (χ1v) is 6.13. The van der Waals surface area contributed by atoms with Crippen LogP contribution in [0.15, 0.2) is 33.7 Å². The van der Waals surface area contributed by atoms with Crippen molar-refractivity contribution >= 4 is 11.8 Å². The smallest absolute Gasteiger partial charge is 0.227 e. The Morgan fingerprint density at radius 3 is 2.44 bits per heavy atom. The van der Waals surface area contributed by atoms with E-state index in [0.29, 0.717) is 5.89 Å². The monoisotopic (exact) mass is 235 g/mol. The third-order valence-electron chi connectivity index (χ3n) is 2.28. The average molecular weight is 235 g/mol. The second-order valence-electron chi connectivity index (χ2n) is 3.31. The van der Waals surface area contributed by atoms with Crippen molar-refractivity contribution in [2.75, 3.05) is 13.4 Å². The van der Waals surface area contributed by atoms with Crippen LogP contribution < -0.4 is 4.74 Å². The largest absolute Gasteiger partial charge is 0.497 e. The van der Waals surface area contributed by atoms with Gasteiger partial charge in [-0.2, -0.15) is 0 Å². The second-order valence-corrected chi connectivity index (χ2v) is 4.11. The Morgan fingerprint density at radius 1 is 1.25 bits per heavy atom. The van der Waals surface area contributed by atoms with Crippen LogP contribution >= 0.6 is 11.8 Å². The van der Waals surface area contributed by atoms with Gasteiger partial charge in [0.15, 0.2) is 0 Å². The molecule has 1 heterocycles.